The zero-order valence-corrected chi connectivity index (χ0v) is 20.1. The van der Waals surface area contributed by atoms with Gasteiger partial charge in [0.15, 0.2) is 28.7 Å². The van der Waals surface area contributed by atoms with Crippen LogP contribution in [0.5, 0.6) is 17.2 Å². The summed E-state index contributed by atoms with van der Waals surface area (Å²) in [7, 11) is 3.02. The Bertz CT molecular complexity index is 1640. The number of carbonyl (C=O) groups is 1. The molecule has 0 fully saturated rings. The average Bonchev–Trinajstić information content (AvgIpc) is 3.27. The first-order valence-corrected chi connectivity index (χ1v) is 11.3. The summed E-state index contributed by atoms with van der Waals surface area (Å²) in [6, 6.07) is 21.9. The van der Waals surface area contributed by atoms with Crippen molar-refractivity contribution in [2.75, 3.05) is 14.2 Å². The van der Waals surface area contributed by atoms with Crippen molar-refractivity contribution in [3.63, 3.8) is 0 Å². The molecule has 0 unspecified atom stereocenters. The van der Waals surface area contributed by atoms with Gasteiger partial charge < -0.3 is 24.9 Å². The summed E-state index contributed by atoms with van der Waals surface area (Å²) in [6.45, 7) is 0.426. The van der Waals surface area contributed by atoms with Crippen molar-refractivity contribution in [1.82, 2.24) is 19.5 Å². The van der Waals surface area contributed by atoms with Gasteiger partial charge in [0.25, 0.3) is 5.91 Å². The van der Waals surface area contributed by atoms with E-state index < -0.39 is 11.6 Å². The Morgan fingerprint density at radius 1 is 0.946 bits per heavy atom. The Labute approximate surface area is 211 Å². The molecule has 1 amide bonds. The molecule has 5 aromatic rings. The number of methoxy groups -OCH3 is 2. The largest absolute Gasteiger partial charge is 0.493 e. The molecular weight excluding hydrogens is 474 g/mol. The molecule has 0 saturated heterocycles. The molecule has 2 aromatic heterocycles. The lowest BCUT2D eigenvalue weighted by molar-refractivity contribution is 0.0997. The first-order chi connectivity index (χ1) is 18.0. The van der Waals surface area contributed by atoms with Crippen molar-refractivity contribution < 1.29 is 19.0 Å². The smallest absolute Gasteiger partial charge is 0.332 e. The van der Waals surface area contributed by atoms with E-state index in [9.17, 15) is 9.59 Å². The number of ether oxygens (including phenoxy) is 3. The quantitative estimate of drug-likeness (QED) is 0.335. The highest BCUT2D eigenvalue weighted by atomic mass is 16.5. The fraction of sp³-hybridized carbons (Fsp3) is 0.111. The molecule has 10 heteroatoms. The van der Waals surface area contributed by atoms with E-state index in [-0.39, 0.29) is 22.7 Å². The third kappa shape index (κ3) is 4.59. The molecule has 37 heavy (non-hydrogen) atoms. The van der Waals surface area contributed by atoms with E-state index in [1.807, 2.05) is 30.3 Å². The summed E-state index contributed by atoms with van der Waals surface area (Å²) < 4.78 is 17.8. The molecule has 0 spiro atoms. The van der Waals surface area contributed by atoms with Gasteiger partial charge in [0.05, 0.1) is 19.9 Å². The highest BCUT2D eigenvalue weighted by Crippen LogP contribution is 2.30. The van der Waals surface area contributed by atoms with Crippen LogP contribution in [0, 0.1) is 0 Å². The maximum atomic E-state index is 12.9. The van der Waals surface area contributed by atoms with Crippen LogP contribution in [0.1, 0.15) is 16.1 Å². The van der Waals surface area contributed by atoms with E-state index in [0.717, 1.165) is 5.56 Å². The number of carbonyl (C=O) groups excluding carboxylic acids is 1. The van der Waals surface area contributed by atoms with Crippen LogP contribution >= 0.6 is 0 Å². The van der Waals surface area contributed by atoms with Crippen molar-refractivity contribution in [3.05, 3.63) is 94.5 Å². The van der Waals surface area contributed by atoms with Crippen LogP contribution in [0.3, 0.4) is 0 Å². The maximum absolute atomic E-state index is 12.9. The van der Waals surface area contributed by atoms with E-state index in [2.05, 4.69) is 15.0 Å². The maximum Gasteiger partial charge on any atom is 0.332 e. The second-order valence-electron chi connectivity index (χ2n) is 8.06. The minimum absolute atomic E-state index is 0.0965. The van der Waals surface area contributed by atoms with Gasteiger partial charge in [-0.2, -0.15) is 0 Å². The van der Waals surface area contributed by atoms with Crippen molar-refractivity contribution in [2.24, 2.45) is 5.73 Å². The number of aromatic nitrogens is 4. The average molecular weight is 498 g/mol. The second-order valence-corrected chi connectivity index (χ2v) is 8.06. The first-order valence-electron chi connectivity index (χ1n) is 11.3. The van der Waals surface area contributed by atoms with Crippen LogP contribution in [0.4, 0.5) is 0 Å². The lowest BCUT2D eigenvalue weighted by Crippen LogP contribution is -2.15. The summed E-state index contributed by atoms with van der Waals surface area (Å²) in [6.07, 6.45) is 0. The fourth-order valence-electron chi connectivity index (χ4n) is 3.94. The highest BCUT2D eigenvalue weighted by molar-refractivity contribution is 6.02. The Balaban J connectivity index is 1.56. The number of rotatable bonds is 8. The zero-order valence-electron chi connectivity index (χ0n) is 20.1. The van der Waals surface area contributed by atoms with Crippen LogP contribution in [0.2, 0.25) is 0 Å². The van der Waals surface area contributed by atoms with Crippen molar-refractivity contribution >= 4 is 17.1 Å². The number of fused-ring (bicyclic) bond motifs is 1. The van der Waals surface area contributed by atoms with Gasteiger partial charge in [-0.05, 0) is 42.0 Å². The predicted molar refractivity (Wildman–Crippen MR) is 137 cm³/mol. The molecule has 5 rings (SSSR count). The molecule has 0 saturated carbocycles. The van der Waals surface area contributed by atoms with E-state index in [0.29, 0.717) is 35.1 Å². The third-order valence-corrected chi connectivity index (χ3v) is 5.76. The van der Waals surface area contributed by atoms with Crippen LogP contribution in [0.25, 0.3) is 28.2 Å². The van der Waals surface area contributed by atoms with Gasteiger partial charge in [-0.3, -0.25) is 4.79 Å². The SMILES string of the molecule is COc1ccc(-n2c(=O)[nH]c3c(C(N)=O)nc(-c4ccc(OCc5ccccc5)cc4)nc32)cc1OC. The number of amides is 1. The van der Waals surface area contributed by atoms with E-state index in [1.54, 1.807) is 42.5 Å². The number of primary amides is 1. The number of H-pyrrole nitrogens is 1. The predicted octanol–water partition coefficient (Wildman–Crippen LogP) is 3.47. The second kappa shape index (κ2) is 9.86. The normalized spacial score (nSPS) is 10.9. The molecule has 10 nitrogen and oxygen atoms in total. The summed E-state index contributed by atoms with van der Waals surface area (Å²) in [5.41, 5.74) is 7.45. The molecule has 3 aromatic carbocycles. The Kier molecular flexibility index (Phi) is 6.29. The van der Waals surface area contributed by atoms with Gasteiger partial charge in [0.2, 0.25) is 0 Å². The Morgan fingerprint density at radius 3 is 2.35 bits per heavy atom. The Morgan fingerprint density at radius 2 is 1.68 bits per heavy atom. The Hall–Kier alpha value is -5.12. The van der Waals surface area contributed by atoms with Gasteiger partial charge in [0, 0.05) is 11.6 Å². The standard InChI is InChI=1S/C27H23N5O5/c1-35-20-13-10-18(14-21(20)36-2)32-26-23(30-27(32)34)22(24(28)33)29-25(31-26)17-8-11-19(12-9-17)37-15-16-6-4-3-5-7-16/h3-14H,15H2,1-2H3,(H2,28,33)(H,30,34). The molecule has 0 bridgehead atoms. The van der Waals surface area contributed by atoms with Gasteiger partial charge in [-0.25, -0.2) is 19.3 Å². The minimum atomic E-state index is -0.794. The van der Waals surface area contributed by atoms with Gasteiger partial charge in [-0.1, -0.05) is 30.3 Å². The van der Waals surface area contributed by atoms with Gasteiger partial charge >= 0.3 is 5.69 Å². The molecule has 186 valence electrons. The number of nitrogens with one attached hydrogen (secondary N) is 1. The minimum Gasteiger partial charge on any atom is -0.493 e. The molecule has 0 aliphatic heterocycles. The number of imidazole rings is 1. The molecule has 3 N–H and O–H groups in total. The van der Waals surface area contributed by atoms with Crippen molar-refractivity contribution in [3.8, 4) is 34.3 Å². The number of aromatic amines is 1. The van der Waals surface area contributed by atoms with Crippen molar-refractivity contribution in [2.45, 2.75) is 6.61 Å². The topological polar surface area (TPSA) is 134 Å². The zero-order chi connectivity index (χ0) is 25.9. The number of nitrogens with two attached hydrogens (primary N) is 1. The van der Waals surface area contributed by atoms with Crippen molar-refractivity contribution in [1.29, 1.82) is 0 Å². The molecule has 0 radical (unpaired) electrons. The summed E-state index contributed by atoms with van der Waals surface area (Å²) >= 11 is 0. The third-order valence-electron chi connectivity index (χ3n) is 5.76. The molecule has 0 aliphatic rings. The molecule has 0 atom stereocenters. The van der Waals surface area contributed by atoms with Crippen LogP contribution in [-0.4, -0.2) is 39.6 Å². The van der Waals surface area contributed by atoms with Crippen LogP contribution in [0.15, 0.2) is 77.6 Å². The molecular formula is C27H23N5O5. The van der Waals surface area contributed by atoms with Crippen LogP contribution < -0.4 is 25.6 Å². The van der Waals surface area contributed by atoms with Gasteiger partial charge in [0.1, 0.15) is 17.9 Å². The lowest BCUT2D eigenvalue weighted by atomic mass is 10.2. The highest BCUT2D eigenvalue weighted by Gasteiger charge is 2.21. The van der Waals surface area contributed by atoms with E-state index in [1.165, 1.54) is 18.8 Å². The van der Waals surface area contributed by atoms with E-state index >= 15 is 0 Å². The van der Waals surface area contributed by atoms with Gasteiger partial charge in [-0.15, -0.1) is 0 Å². The van der Waals surface area contributed by atoms with Crippen LogP contribution in [-0.2, 0) is 6.61 Å². The van der Waals surface area contributed by atoms with E-state index in [4.69, 9.17) is 19.9 Å². The number of hydrogen-bond acceptors (Lipinski definition) is 7. The first kappa shape index (κ1) is 23.6. The monoisotopic (exact) mass is 497 g/mol. The number of nitrogens with zero attached hydrogens (tertiary/aromatic N) is 3. The lowest BCUT2D eigenvalue weighted by Gasteiger charge is -2.11. The molecule has 2 heterocycles. The number of hydrogen-bond donors (Lipinski definition) is 2. The summed E-state index contributed by atoms with van der Waals surface area (Å²) in [5, 5.41) is 0. The number of benzene rings is 3. The molecule has 0 aliphatic carbocycles. The fourth-order valence-corrected chi connectivity index (χ4v) is 3.94. The summed E-state index contributed by atoms with van der Waals surface area (Å²) in [5.74, 6) is 1.02. The summed E-state index contributed by atoms with van der Waals surface area (Å²) in [4.78, 5) is 36.8.